The first-order valence-electron chi connectivity index (χ1n) is 4.62. The Morgan fingerprint density at radius 2 is 2.31 bits per heavy atom. The van der Waals surface area contributed by atoms with Crippen LogP contribution in [0, 0.1) is 6.92 Å². The van der Waals surface area contributed by atoms with Crippen LogP contribution >= 0.6 is 39.0 Å². The molecule has 0 atom stereocenters. The number of halogens is 1. The summed E-state index contributed by atoms with van der Waals surface area (Å²) in [6.45, 7) is 1.90. The van der Waals surface area contributed by atoms with Crippen molar-refractivity contribution < 1.29 is 9.21 Å². The predicted molar refractivity (Wildman–Crippen MR) is 70.5 cm³/mol. The van der Waals surface area contributed by atoms with Crippen molar-refractivity contribution in [3.63, 3.8) is 0 Å². The number of furan rings is 1. The van der Waals surface area contributed by atoms with Crippen LogP contribution in [0.15, 0.2) is 37.6 Å². The molecule has 2 aromatic heterocycles. The molecule has 0 fully saturated rings. The van der Waals surface area contributed by atoms with Crippen molar-refractivity contribution in [1.82, 2.24) is 0 Å². The first-order valence-corrected chi connectivity index (χ1v) is 7.22. The van der Waals surface area contributed by atoms with E-state index in [9.17, 15) is 4.79 Å². The zero-order chi connectivity index (χ0) is 11.5. The molecule has 2 heterocycles. The van der Waals surface area contributed by atoms with E-state index in [1.54, 1.807) is 6.26 Å². The topological polar surface area (TPSA) is 30.2 Å². The Bertz CT molecular complexity index is 502. The summed E-state index contributed by atoms with van der Waals surface area (Å²) in [6, 6.07) is 5.63. The van der Waals surface area contributed by atoms with Crippen LogP contribution < -0.4 is 0 Å². The van der Waals surface area contributed by atoms with Gasteiger partial charge in [0.1, 0.15) is 5.76 Å². The number of hydrogen-bond donors (Lipinski definition) is 0. The van der Waals surface area contributed by atoms with Crippen LogP contribution in [0.4, 0.5) is 0 Å². The molecule has 0 radical (unpaired) electrons. The quantitative estimate of drug-likeness (QED) is 0.619. The highest BCUT2D eigenvalue weighted by molar-refractivity contribution is 9.11. The summed E-state index contributed by atoms with van der Waals surface area (Å²) in [5.41, 5.74) is 0. The summed E-state index contributed by atoms with van der Waals surface area (Å²) >= 11 is 6.33. The van der Waals surface area contributed by atoms with Gasteiger partial charge in [-0.1, -0.05) is 0 Å². The van der Waals surface area contributed by atoms with Gasteiger partial charge in [-0.3, -0.25) is 4.79 Å². The summed E-state index contributed by atoms with van der Waals surface area (Å²) in [4.78, 5) is 13.6. The van der Waals surface area contributed by atoms with E-state index in [1.165, 1.54) is 23.1 Å². The third-order valence-corrected chi connectivity index (χ3v) is 4.82. The van der Waals surface area contributed by atoms with E-state index in [1.807, 2.05) is 25.1 Å². The second kappa shape index (κ2) is 5.21. The summed E-state index contributed by atoms with van der Waals surface area (Å²) in [7, 11) is 0. The summed E-state index contributed by atoms with van der Waals surface area (Å²) in [6.07, 6.45) is 1.64. The van der Waals surface area contributed by atoms with Gasteiger partial charge >= 0.3 is 0 Å². The van der Waals surface area contributed by atoms with E-state index in [2.05, 4.69) is 15.9 Å². The second-order valence-electron chi connectivity index (χ2n) is 3.16. The van der Waals surface area contributed by atoms with Crippen molar-refractivity contribution in [2.45, 2.75) is 11.8 Å². The molecule has 84 valence electrons. The van der Waals surface area contributed by atoms with Crippen LogP contribution in [0.5, 0.6) is 0 Å². The van der Waals surface area contributed by atoms with Crippen molar-refractivity contribution >= 4 is 44.8 Å². The Labute approximate surface area is 110 Å². The van der Waals surface area contributed by atoms with Crippen molar-refractivity contribution in [2.75, 3.05) is 5.75 Å². The van der Waals surface area contributed by atoms with Crippen LogP contribution in [0.3, 0.4) is 0 Å². The minimum absolute atomic E-state index is 0.154. The fourth-order valence-corrected chi connectivity index (χ4v) is 3.46. The molecule has 0 N–H and O–H groups in total. The lowest BCUT2D eigenvalue weighted by atomic mass is 10.4. The van der Waals surface area contributed by atoms with Gasteiger partial charge in [0.2, 0.25) is 0 Å². The van der Waals surface area contributed by atoms with Gasteiger partial charge in [-0.25, -0.2) is 0 Å². The fourth-order valence-electron chi connectivity index (χ4n) is 1.20. The highest BCUT2D eigenvalue weighted by Crippen LogP contribution is 2.27. The maximum atomic E-state index is 11.8. The van der Waals surface area contributed by atoms with Gasteiger partial charge in [0.25, 0.3) is 0 Å². The lowest BCUT2D eigenvalue weighted by Crippen LogP contribution is -1.98. The molecule has 2 aromatic rings. The zero-order valence-corrected chi connectivity index (χ0v) is 11.7. The van der Waals surface area contributed by atoms with E-state index >= 15 is 0 Å². The van der Waals surface area contributed by atoms with E-state index in [4.69, 9.17) is 4.42 Å². The van der Waals surface area contributed by atoms with Crippen molar-refractivity contribution in [3.05, 3.63) is 38.9 Å². The standard InChI is InChI=1S/C11H9BrO2S2/c1-7-9(4-5-14-7)15-6-8(13)10-2-3-11(12)16-10/h2-5H,6H2,1H3. The molecule has 0 aliphatic rings. The molecule has 0 bridgehead atoms. The largest absolute Gasteiger partial charge is 0.468 e. The average Bonchev–Trinajstić information content (AvgIpc) is 2.84. The van der Waals surface area contributed by atoms with Gasteiger partial charge in [-0.2, -0.15) is 0 Å². The molecule has 2 rings (SSSR count). The maximum absolute atomic E-state index is 11.8. The third-order valence-electron chi connectivity index (χ3n) is 2.02. The first kappa shape index (κ1) is 12.0. The third kappa shape index (κ3) is 2.78. The molecule has 0 aliphatic carbocycles. The van der Waals surface area contributed by atoms with Gasteiger partial charge in [0.15, 0.2) is 5.78 Å². The lowest BCUT2D eigenvalue weighted by molar-refractivity contribution is 0.102. The number of carbonyl (C=O) groups excluding carboxylic acids is 1. The Hall–Kier alpha value is -0.520. The minimum Gasteiger partial charge on any atom is -0.468 e. The smallest absolute Gasteiger partial charge is 0.183 e. The lowest BCUT2D eigenvalue weighted by Gasteiger charge is -1.97. The Morgan fingerprint density at radius 3 is 2.88 bits per heavy atom. The van der Waals surface area contributed by atoms with Gasteiger partial charge in [-0.15, -0.1) is 23.1 Å². The zero-order valence-electron chi connectivity index (χ0n) is 8.53. The van der Waals surface area contributed by atoms with E-state index in [0.717, 1.165) is 19.3 Å². The SMILES string of the molecule is Cc1occc1SCC(=O)c1ccc(Br)s1. The Balaban J connectivity index is 1.96. The molecular formula is C11H9BrO2S2. The van der Waals surface area contributed by atoms with E-state index in [0.29, 0.717) is 5.75 Å². The van der Waals surface area contributed by atoms with Crippen LogP contribution in [-0.4, -0.2) is 11.5 Å². The van der Waals surface area contributed by atoms with Crippen molar-refractivity contribution in [2.24, 2.45) is 0 Å². The van der Waals surface area contributed by atoms with Gasteiger partial charge in [0.05, 0.1) is 20.7 Å². The first-order chi connectivity index (χ1) is 7.66. The normalized spacial score (nSPS) is 10.6. The number of ketones is 1. The fraction of sp³-hybridized carbons (Fsp3) is 0.182. The number of thioether (sulfide) groups is 1. The van der Waals surface area contributed by atoms with Crippen LogP contribution in [0.2, 0.25) is 0 Å². The van der Waals surface area contributed by atoms with Crippen molar-refractivity contribution in [3.8, 4) is 0 Å². The van der Waals surface area contributed by atoms with Crippen LogP contribution in [0.1, 0.15) is 15.4 Å². The average molecular weight is 317 g/mol. The number of hydrogen-bond acceptors (Lipinski definition) is 4. The molecule has 2 nitrogen and oxygen atoms in total. The van der Waals surface area contributed by atoms with E-state index in [-0.39, 0.29) is 5.78 Å². The number of Topliss-reactive ketones (excluding diaryl/α,β-unsaturated/α-hetero) is 1. The molecule has 0 unspecified atom stereocenters. The number of carbonyl (C=O) groups is 1. The second-order valence-corrected chi connectivity index (χ2v) is 6.64. The molecule has 0 aliphatic heterocycles. The number of aryl methyl sites for hydroxylation is 1. The molecule has 5 heteroatoms. The summed E-state index contributed by atoms with van der Waals surface area (Å²) in [5.74, 6) is 1.47. The molecule has 0 spiro atoms. The highest BCUT2D eigenvalue weighted by Gasteiger charge is 2.10. The molecule has 0 aromatic carbocycles. The summed E-state index contributed by atoms with van der Waals surface area (Å²) < 4.78 is 6.16. The molecule has 0 saturated carbocycles. The van der Waals surface area contributed by atoms with Crippen molar-refractivity contribution in [1.29, 1.82) is 0 Å². The predicted octanol–water partition coefficient (Wildman–Crippen LogP) is 4.39. The maximum Gasteiger partial charge on any atom is 0.183 e. The number of rotatable bonds is 4. The van der Waals surface area contributed by atoms with E-state index < -0.39 is 0 Å². The van der Waals surface area contributed by atoms with Gasteiger partial charge in [0, 0.05) is 4.90 Å². The minimum atomic E-state index is 0.154. The van der Waals surface area contributed by atoms with Crippen LogP contribution in [0.25, 0.3) is 0 Å². The van der Waals surface area contributed by atoms with Gasteiger partial charge in [-0.05, 0) is 41.1 Å². The summed E-state index contributed by atoms with van der Waals surface area (Å²) in [5, 5.41) is 0. The molecular weight excluding hydrogens is 308 g/mol. The number of thiophene rings is 1. The monoisotopic (exact) mass is 316 g/mol. The molecule has 16 heavy (non-hydrogen) atoms. The molecule has 0 saturated heterocycles. The van der Waals surface area contributed by atoms with Crippen LogP contribution in [-0.2, 0) is 0 Å². The Morgan fingerprint density at radius 1 is 1.50 bits per heavy atom. The van der Waals surface area contributed by atoms with Gasteiger partial charge < -0.3 is 4.42 Å². The highest BCUT2D eigenvalue weighted by atomic mass is 79.9. The Kier molecular flexibility index (Phi) is 3.89. The molecule has 0 amide bonds.